The van der Waals surface area contributed by atoms with Crippen molar-refractivity contribution in [3.63, 3.8) is 0 Å². The minimum atomic E-state index is -0.360. The summed E-state index contributed by atoms with van der Waals surface area (Å²) in [7, 11) is 0. The molecule has 3 aromatic rings. The number of esters is 1. The highest BCUT2D eigenvalue weighted by molar-refractivity contribution is 6.31. The lowest BCUT2D eigenvalue weighted by molar-refractivity contribution is -0.131. The quantitative estimate of drug-likeness (QED) is 0.470. The Labute approximate surface area is 165 Å². The van der Waals surface area contributed by atoms with Crippen LogP contribution in [0.25, 0.3) is 22.0 Å². The van der Waals surface area contributed by atoms with Gasteiger partial charge in [0.05, 0.1) is 11.2 Å². The van der Waals surface area contributed by atoms with Crippen LogP contribution in [0.15, 0.2) is 42.5 Å². The molecule has 3 rings (SSSR count). The molecular formula is C23H24ClNO2. The van der Waals surface area contributed by atoms with Gasteiger partial charge in [0, 0.05) is 22.9 Å². The third-order valence-corrected chi connectivity index (χ3v) is 4.80. The fraction of sp³-hybridized carbons (Fsp3) is 0.304. The van der Waals surface area contributed by atoms with E-state index in [9.17, 15) is 4.79 Å². The Hall–Kier alpha value is -2.39. The molecule has 0 amide bonds. The number of benzene rings is 2. The van der Waals surface area contributed by atoms with Crippen molar-refractivity contribution in [3.8, 4) is 16.9 Å². The van der Waals surface area contributed by atoms with Crippen LogP contribution in [-0.4, -0.2) is 11.0 Å². The number of aromatic nitrogens is 1. The molecule has 1 aromatic heterocycles. The summed E-state index contributed by atoms with van der Waals surface area (Å²) < 4.78 is 5.70. The third kappa shape index (κ3) is 3.98. The highest BCUT2D eigenvalue weighted by atomic mass is 35.5. The van der Waals surface area contributed by atoms with Gasteiger partial charge in [-0.05, 0) is 41.2 Å². The maximum Gasteiger partial charge on any atom is 0.308 e. The molecule has 0 atom stereocenters. The van der Waals surface area contributed by atoms with Gasteiger partial charge in [-0.25, -0.2) is 4.98 Å². The van der Waals surface area contributed by atoms with E-state index in [0.717, 1.165) is 27.7 Å². The van der Waals surface area contributed by atoms with Gasteiger partial charge >= 0.3 is 5.97 Å². The molecule has 2 aromatic carbocycles. The predicted octanol–water partition coefficient (Wildman–Crippen LogP) is 6.73. The number of hydrogen-bond donors (Lipinski definition) is 0. The number of nitrogens with zero attached hydrogens (tertiary/aromatic N) is 1. The lowest BCUT2D eigenvalue weighted by atomic mass is 9.93. The summed E-state index contributed by atoms with van der Waals surface area (Å²) in [5.74, 6) is 0.657. The molecule has 0 saturated carbocycles. The Morgan fingerprint density at radius 2 is 1.78 bits per heavy atom. The molecule has 0 aliphatic carbocycles. The second-order valence-electron chi connectivity index (χ2n) is 7.39. The number of rotatable bonds is 4. The molecule has 0 saturated heterocycles. The molecule has 0 aliphatic rings. The lowest BCUT2D eigenvalue weighted by Crippen LogP contribution is -2.09. The van der Waals surface area contributed by atoms with E-state index in [2.05, 4.69) is 26.0 Å². The molecule has 0 spiro atoms. The molecule has 0 aliphatic heterocycles. The maximum absolute atomic E-state index is 11.9. The van der Waals surface area contributed by atoms with Crippen LogP contribution in [0.4, 0.5) is 0 Å². The summed E-state index contributed by atoms with van der Waals surface area (Å²) in [5.41, 5.74) is 4.69. The standard InChI is InChI=1S/C23H24ClNO2/c1-13(2)16-7-6-8-17(11-16)21-19-12-18(24)9-10-20(19)25-22(14(3)4)23(21)27-15(5)26/h6-14H,1-5H3. The summed E-state index contributed by atoms with van der Waals surface area (Å²) in [6.07, 6.45) is 0. The van der Waals surface area contributed by atoms with E-state index in [1.54, 1.807) is 0 Å². The lowest BCUT2D eigenvalue weighted by Gasteiger charge is -2.19. The molecular weight excluding hydrogens is 358 g/mol. The number of carbonyl (C=O) groups excluding carboxylic acids is 1. The molecule has 0 N–H and O–H groups in total. The molecule has 4 heteroatoms. The average molecular weight is 382 g/mol. The van der Waals surface area contributed by atoms with Gasteiger partial charge < -0.3 is 4.74 Å². The highest BCUT2D eigenvalue weighted by Crippen LogP contribution is 2.42. The van der Waals surface area contributed by atoms with Crippen molar-refractivity contribution in [1.29, 1.82) is 0 Å². The first-order valence-corrected chi connectivity index (χ1v) is 9.57. The van der Waals surface area contributed by atoms with Gasteiger partial charge in [-0.2, -0.15) is 0 Å². The zero-order valence-corrected chi connectivity index (χ0v) is 17.1. The van der Waals surface area contributed by atoms with Gasteiger partial charge in [0.1, 0.15) is 0 Å². The minimum absolute atomic E-state index is 0.103. The highest BCUT2D eigenvalue weighted by Gasteiger charge is 2.22. The van der Waals surface area contributed by atoms with Crippen molar-refractivity contribution in [2.75, 3.05) is 0 Å². The van der Waals surface area contributed by atoms with E-state index in [0.29, 0.717) is 16.7 Å². The Morgan fingerprint density at radius 1 is 1.04 bits per heavy atom. The minimum Gasteiger partial charge on any atom is -0.424 e. The normalized spacial score (nSPS) is 11.4. The maximum atomic E-state index is 11.9. The van der Waals surface area contributed by atoms with Crippen LogP contribution in [0.1, 0.15) is 57.7 Å². The Kier molecular flexibility index (Phi) is 5.52. The van der Waals surface area contributed by atoms with Crippen LogP contribution in [0.3, 0.4) is 0 Å². The topological polar surface area (TPSA) is 39.2 Å². The largest absolute Gasteiger partial charge is 0.424 e. The molecule has 140 valence electrons. The van der Waals surface area contributed by atoms with Crippen molar-refractivity contribution >= 4 is 28.5 Å². The molecule has 0 fully saturated rings. The molecule has 0 unspecified atom stereocenters. The van der Waals surface area contributed by atoms with E-state index >= 15 is 0 Å². The Balaban J connectivity index is 2.44. The smallest absolute Gasteiger partial charge is 0.308 e. The van der Waals surface area contributed by atoms with E-state index in [-0.39, 0.29) is 11.9 Å². The van der Waals surface area contributed by atoms with E-state index in [1.165, 1.54) is 12.5 Å². The first kappa shape index (κ1) is 19.4. The molecule has 3 nitrogen and oxygen atoms in total. The summed E-state index contributed by atoms with van der Waals surface area (Å²) in [6.45, 7) is 9.83. The van der Waals surface area contributed by atoms with Crippen molar-refractivity contribution in [3.05, 3.63) is 58.7 Å². The second kappa shape index (κ2) is 7.69. The number of ether oxygens (including phenoxy) is 1. The molecule has 0 radical (unpaired) electrons. The van der Waals surface area contributed by atoms with Crippen LogP contribution in [0.5, 0.6) is 5.75 Å². The molecule has 0 bridgehead atoms. The third-order valence-electron chi connectivity index (χ3n) is 4.56. The van der Waals surface area contributed by atoms with Crippen LogP contribution in [0.2, 0.25) is 5.02 Å². The summed E-state index contributed by atoms with van der Waals surface area (Å²) in [4.78, 5) is 16.7. The Bertz CT molecular complexity index is 1010. The van der Waals surface area contributed by atoms with Crippen LogP contribution >= 0.6 is 11.6 Å². The van der Waals surface area contributed by atoms with Crippen LogP contribution in [-0.2, 0) is 4.79 Å². The van der Waals surface area contributed by atoms with Gasteiger partial charge in [-0.1, -0.05) is 63.6 Å². The zero-order chi connectivity index (χ0) is 19.7. The fourth-order valence-electron chi connectivity index (χ4n) is 3.22. The SMILES string of the molecule is CC(=O)Oc1c(C(C)C)nc2ccc(Cl)cc2c1-c1cccc(C(C)C)c1. The van der Waals surface area contributed by atoms with Gasteiger partial charge in [-0.15, -0.1) is 0 Å². The predicted molar refractivity (Wildman–Crippen MR) is 112 cm³/mol. The molecule has 1 heterocycles. The van der Waals surface area contributed by atoms with Crippen molar-refractivity contribution < 1.29 is 9.53 Å². The zero-order valence-electron chi connectivity index (χ0n) is 16.3. The van der Waals surface area contributed by atoms with Gasteiger partial charge in [0.15, 0.2) is 5.75 Å². The summed E-state index contributed by atoms with van der Waals surface area (Å²) in [6, 6.07) is 14.0. The monoisotopic (exact) mass is 381 g/mol. The van der Waals surface area contributed by atoms with E-state index in [4.69, 9.17) is 21.3 Å². The second-order valence-corrected chi connectivity index (χ2v) is 7.83. The van der Waals surface area contributed by atoms with E-state index in [1.807, 2.05) is 44.2 Å². The van der Waals surface area contributed by atoms with Crippen molar-refractivity contribution in [1.82, 2.24) is 4.98 Å². The number of halogens is 1. The average Bonchev–Trinajstić information content (AvgIpc) is 2.60. The first-order chi connectivity index (χ1) is 12.8. The number of hydrogen-bond acceptors (Lipinski definition) is 3. The summed E-state index contributed by atoms with van der Waals surface area (Å²) >= 11 is 6.28. The van der Waals surface area contributed by atoms with Crippen molar-refractivity contribution in [2.24, 2.45) is 0 Å². The van der Waals surface area contributed by atoms with Gasteiger partial charge in [0.25, 0.3) is 0 Å². The Morgan fingerprint density at radius 3 is 2.41 bits per heavy atom. The van der Waals surface area contributed by atoms with Gasteiger partial charge in [-0.3, -0.25) is 4.79 Å². The number of carbonyl (C=O) groups is 1. The number of pyridine rings is 1. The fourth-order valence-corrected chi connectivity index (χ4v) is 3.39. The summed E-state index contributed by atoms with van der Waals surface area (Å²) in [5, 5.41) is 1.50. The number of fused-ring (bicyclic) bond motifs is 1. The molecule has 27 heavy (non-hydrogen) atoms. The van der Waals surface area contributed by atoms with Gasteiger partial charge in [0.2, 0.25) is 0 Å². The van der Waals surface area contributed by atoms with E-state index < -0.39 is 0 Å². The van der Waals surface area contributed by atoms with Crippen LogP contribution in [0, 0.1) is 0 Å². The first-order valence-electron chi connectivity index (χ1n) is 9.19. The van der Waals surface area contributed by atoms with Crippen LogP contribution < -0.4 is 4.74 Å². The van der Waals surface area contributed by atoms with Crippen molar-refractivity contribution in [2.45, 2.75) is 46.5 Å².